The summed E-state index contributed by atoms with van der Waals surface area (Å²) in [6.45, 7) is 1.44. The van der Waals surface area contributed by atoms with Crippen molar-refractivity contribution >= 4 is 16.7 Å². The van der Waals surface area contributed by atoms with E-state index in [-0.39, 0.29) is 0 Å². The maximum absolute atomic E-state index is 5.39. The standard InChI is InChI=1S/C23H28N4O2/c1-24-23(26-16-20-19-8-6-5-7-18(19)11-13-25-20)27(2)14-12-17-9-10-21(28-3)22(15-17)29-4/h5-11,13,15H,12,14,16H2,1-4H3,(H,24,26). The summed E-state index contributed by atoms with van der Waals surface area (Å²) < 4.78 is 10.7. The second-order valence-corrected chi connectivity index (χ2v) is 6.74. The molecule has 0 saturated heterocycles. The van der Waals surface area contributed by atoms with E-state index in [4.69, 9.17) is 9.47 Å². The molecule has 1 N–H and O–H groups in total. The molecule has 0 radical (unpaired) electrons. The lowest BCUT2D eigenvalue weighted by atomic mass is 10.1. The van der Waals surface area contributed by atoms with E-state index in [1.807, 2.05) is 43.6 Å². The van der Waals surface area contributed by atoms with E-state index in [2.05, 4.69) is 38.4 Å². The summed E-state index contributed by atoms with van der Waals surface area (Å²) in [5, 5.41) is 5.77. The number of rotatable bonds is 7. The Labute approximate surface area is 172 Å². The highest BCUT2D eigenvalue weighted by Gasteiger charge is 2.10. The molecule has 0 aliphatic rings. The average molecular weight is 393 g/mol. The van der Waals surface area contributed by atoms with Gasteiger partial charge in [-0.2, -0.15) is 0 Å². The minimum absolute atomic E-state index is 0.620. The van der Waals surface area contributed by atoms with Crippen LogP contribution in [0.4, 0.5) is 0 Å². The van der Waals surface area contributed by atoms with Crippen molar-refractivity contribution in [1.29, 1.82) is 0 Å². The molecule has 6 heteroatoms. The lowest BCUT2D eigenvalue weighted by molar-refractivity contribution is 0.354. The zero-order valence-electron chi connectivity index (χ0n) is 17.5. The molecule has 0 fully saturated rings. The van der Waals surface area contributed by atoms with Crippen LogP contribution in [0.2, 0.25) is 0 Å². The monoisotopic (exact) mass is 392 g/mol. The van der Waals surface area contributed by atoms with Crippen molar-refractivity contribution in [1.82, 2.24) is 15.2 Å². The second-order valence-electron chi connectivity index (χ2n) is 6.74. The lowest BCUT2D eigenvalue weighted by Gasteiger charge is -2.22. The van der Waals surface area contributed by atoms with Gasteiger partial charge < -0.3 is 19.7 Å². The highest BCUT2D eigenvalue weighted by atomic mass is 16.5. The van der Waals surface area contributed by atoms with Crippen molar-refractivity contribution < 1.29 is 9.47 Å². The molecule has 0 saturated carbocycles. The third-order valence-corrected chi connectivity index (χ3v) is 4.93. The zero-order chi connectivity index (χ0) is 20.6. The van der Waals surface area contributed by atoms with E-state index in [0.717, 1.165) is 41.5 Å². The molecule has 0 spiro atoms. The molecule has 0 atom stereocenters. The molecule has 152 valence electrons. The van der Waals surface area contributed by atoms with Crippen LogP contribution < -0.4 is 14.8 Å². The Bertz CT molecular complexity index is 982. The number of hydrogen-bond acceptors (Lipinski definition) is 4. The predicted octanol–water partition coefficient (Wildman–Crippen LogP) is 3.50. The van der Waals surface area contributed by atoms with Gasteiger partial charge in [0, 0.05) is 32.2 Å². The van der Waals surface area contributed by atoms with Crippen LogP contribution in [-0.4, -0.2) is 50.7 Å². The van der Waals surface area contributed by atoms with Crippen molar-refractivity contribution in [3.05, 3.63) is 66.0 Å². The Morgan fingerprint density at radius 1 is 1.07 bits per heavy atom. The number of likely N-dealkylation sites (N-methyl/N-ethyl adjacent to an activating group) is 1. The molecule has 3 aromatic rings. The molecule has 0 aliphatic carbocycles. The van der Waals surface area contributed by atoms with E-state index in [0.29, 0.717) is 6.54 Å². The third-order valence-electron chi connectivity index (χ3n) is 4.93. The normalized spacial score (nSPS) is 11.4. The molecule has 1 aromatic heterocycles. The fourth-order valence-corrected chi connectivity index (χ4v) is 3.31. The summed E-state index contributed by atoms with van der Waals surface area (Å²) >= 11 is 0. The Morgan fingerprint density at radius 2 is 1.86 bits per heavy atom. The fraction of sp³-hybridized carbons (Fsp3) is 0.304. The molecular weight excluding hydrogens is 364 g/mol. The molecule has 0 bridgehead atoms. The van der Waals surface area contributed by atoms with Crippen LogP contribution in [0.1, 0.15) is 11.3 Å². The number of aromatic nitrogens is 1. The SMILES string of the molecule is CN=C(NCc1nccc2ccccc12)N(C)CCc1ccc(OC)c(OC)c1. The largest absolute Gasteiger partial charge is 0.493 e. The van der Waals surface area contributed by atoms with Crippen molar-refractivity contribution in [2.24, 2.45) is 4.99 Å². The molecule has 1 heterocycles. The first-order valence-electron chi connectivity index (χ1n) is 9.61. The number of pyridine rings is 1. The number of methoxy groups -OCH3 is 2. The van der Waals surface area contributed by atoms with Crippen LogP contribution in [0.3, 0.4) is 0 Å². The van der Waals surface area contributed by atoms with E-state index in [1.165, 1.54) is 10.9 Å². The minimum atomic E-state index is 0.620. The average Bonchev–Trinajstić information content (AvgIpc) is 2.77. The number of fused-ring (bicyclic) bond motifs is 1. The smallest absolute Gasteiger partial charge is 0.193 e. The van der Waals surface area contributed by atoms with Crippen LogP contribution in [0.25, 0.3) is 10.8 Å². The molecule has 0 unspecified atom stereocenters. The van der Waals surface area contributed by atoms with E-state index in [1.54, 1.807) is 21.3 Å². The van der Waals surface area contributed by atoms with Gasteiger partial charge in [0.05, 0.1) is 26.5 Å². The van der Waals surface area contributed by atoms with Gasteiger partial charge in [0.2, 0.25) is 0 Å². The number of aliphatic imine (C=N–C) groups is 1. The quantitative estimate of drug-likeness (QED) is 0.493. The number of ether oxygens (including phenoxy) is 2. The molecule has 6 nitrogen and oxygen atoms in total. The number of guanidine groups is 1. The van der Waals surface area contributed by atoms with Gasteiger partial charge in [0.25, 0.3) is 0 Å². The van der Waals surface area contributed by atoms with Crippen LogP contribution in [0, 0.1) is 0 Å². The maximum Gasteiger partial charge on any atom is 0.193 e. The van der Waals surface area contributed by atoms with Gasteiger partial charge in [0.15, 0.2) is 17.5 Å². The van der Waals surface area contributed by atoms with Crippen LogP contribution in [-0.2, 0) is 13.0 Å². The van der Waals surface area contributed by atoms with Gasteiger partial charge in [-0.1, -0.05) is 30.3 Å². The van der Waals surface area contributed by atoms with E-state index < -0.39 is 0 Å². The first-order chi connectivity index (χ1) is 14.2. The molecule has 3 rings (SSSR count). The Kier molecular flexibility index (Phi) is 6.89. The van der Waals surface area contributed by atoms with Gasteiger partial charge in [-0.3, -0.25) is 9.98 Å². The summed E-state index contributed by atoms with van der Waals surface area (Å²) in [7, 11) is 7.13. The van der Waals surface area contributed by atoms with Crippen molar-refractivity contribution in [2.45, 2.75) is 13.0 Å². The number of nitrogens with zero attached hydrogens (tertiary/aromatic N) is 3. The molecule has 0 amide bonds. The van der Waals surface area contributed by atoms with Crippen LogP contribution in [0.15, 0.2) is 59.7 Å². The highest BCUT2D eigenvalue weighted by molar-refractivity contribution is 5.85. The Morgan fingerprint density at radius 3 is 2.62 bits per heavy atom. The predicted molar refractivity (Wildman–Crippen MR) is 118 cm³/mol. The molecule has 2 aromatic carbocycles. The van der Waals surface area contributed by atoms with Gasteiger partial charge in [-0.15, -0.1) is 0 Å². The van der Waals surface area contributed by atoms with Gasteiger partial charge in [-0.05, 0) is 35.6 Å². The number of hydrogen-bond donors (Lipinski definition) is 1. The zero-order valence-corrected chi connectivity index (χ0v) is 17.5. The van der Waals surface area contributed by atoms with Gasteiger partial charge >= 0.3 is 0 Å². The summed E-state index contributed by atoms with van der Waals surface area (Å²) in [5.41, 5.74) is 2.19. The number of benzene rings is 2. The third kappa shape index (κ3) is 4.96. The van der Waals surface area contributed by atoms with E-state index >= 15 is 0 Å². The first kappa shape index (κ1) is 20.5. The summed E-state index contributed by atoms with van der Waals surface area (Å²) in [5.74, 6) is 2.32. The maximum atomic E-state index is 5.39. The van der Waals surface area contributed by atoms with E-state index in [9.17, 15) is 0 Å². The summed E-state index contributed by atoms with van der Waals surface area (Å²) in [4.78, 5) is 11.1. The van der Waals surface area contributed by atoms with Crippen molar-refractivity contribution in [3.8, 4) is 11.5 Å². The Balaban J connectivity index is 1.61. The topological polar surface area (TPSA) is 59.0 Å². The first-order valence-corrected chi connectivity index (χ1v) is 9.61. The second kappa shape index (κ2) is 9.78. The van der Waals surface area contributed by atoms with Crippen molar-refractivity contribution in [3.63, 3.8) is 0 Å². The summed E-state index contributed by atoms with van der Waals surface area (Å²) in [6, 6.07) is 16.3. The van der Waals surface area contributed by atoms with Gasteiger partial charge in [0.1, 0.15) is 0 Å². The molecule has 0 aliphatic heterocycles. The Hall–Kier alpha value is -3.28. The van der Waals surface area contributed by atoms with Crippen LogP contribution >= 0.6 is 0 Å². The van der Waals surface area contributed by atoms with Gasteiger partial charge in [-0.25, -0.2) is 0 Å². The lowest BCUT2D eigenvalue weighted by Crippen LogP contribution is -2.39. The summed E-state index contributed by atoms with van der Waals surface area (Å²) in [6.07, 6.45) is 2.72. The highest BCUT2D eigenvalue weighted by Crippen LogP contribution is 2.27. The minimum Gasteiger partial charge on any atom is -0.493 e. The van der Waals surface area contributed by atoms with Crippen molar-refractivity contribution in [2.75, 3.05) is 34.9 Å². The molecular formula is C23H28N4O2. The van der Waals surface area contributed by atoms with Crippen LogP contribution in [0.5, 0.6) is 11.5 Å². The number of nitrogens with one attached hydrogen (secondary N) is 1. The fourth-order valence-electron chi connectivity index (χ4n) is 3.31. The molecule has 29 heavy (non-hydrogen) atoms.